The second-order valence-corrected chi connectivity index (χ2v) is 4.30. The molecule has 0 atom stereocenters. The summed E-state index contributed by atoms with van der Waals surface area (Å²) in [5.41, 5.74) is 5.00. The van der Waals surface area contributed by atoms with E-state index in [1.807, 2.05) is 0 Å². The zero-order chi connectivity index (χ0) is 15.2. The highest BCUT2D eigenvalue weighted by Gasteiger charge is 2.03. The molecule has 0 aromatic carbocycles. The summed E-state index contributed by atoms with van der Waals surface area (Å²) in [6, 6.07) is 0. The van der Waals surface area contributed by atoms with Crippen molar-refractivity contribution < 1.29 is 19.5 Å². The lowest BCUT2D eigenvalue weighted by atomic mass is 10.2. The largest absolute Gasteiger partial charge is 0.395 e. The molecule has 3 amide bonds. The van der Waals surface area contributed by atoms with Crippen molar-refractivity contribution in [1.82, 2.24) is 16.0 Å². The van der Waals surface area contributed by atoms with Crippen molar-refractivity contribution in [1.29, 1.82) is 0 Å². The number of hydrogen-bond donors (Lipinski definition) is 5. The second-order valence-electron chi connectivity index (χ2n) is 4.30. The topological polar surface area (TPSA) is 134 Å². The molecule has 6 N–H and O–H groups in total. The van der Waals surface area contributed by atoms with E-state index in [1.165, 1.54) is 0 Å². The second kappa shape index (κ2) is 12.4. The van der Waals surface area contributed by atoms with Crippen LogP contribution in [0.25, 0.3) is 0 Å². The van der Waals surface area contributed by atoms with Crippen molar-refractivity contribution in [3.63, 3.8) is 0 Å². The summed E-state index contributed by atoms with van der Waals surface area (Å²) in [6.07, 6.45) is 2.73. The highest BCUT2D eigenvalue weighted by molar-refractivity contribution is 5.81. The molecule has 0 aromatic heterocycles. The molecule has 0 bridgehead atoms. The molecule has 0 fully saturated rings. The average Bonchev–Trinajstić information content (AvgIpc) is 2.40. The Morgan fingerprint density at radius 1 is 0.900 bits per heavy atom. The molecule has 0 aromatic rings. The summed E-state index contributed by atoms with van der Waals surface area (Å²) in [6.45, 7) is 0.732. The van der Waals surface area contributed by atoms with Crippen molar-refractivity contribution >= 4 is 17.7 Å². The third-order valence-corrected chi connectivity index (χ3v) is 2.43. The van der Waals surface area contributed by atoms with Gasteiger partial charge in [0.15, 0.2) is 0 Å². The lowest BCUT2D eigenvalue weighted by Gasteiger charge is -2.07. The van der Waals surface area contributed by atoms with Gasteiger partial charge in [-0.25, -0.2) is 0 Å². The van der Waals surface area contributed by atoms with Crippen LogP contribution in [0.5, 0.6) is 0 Å². The predicted molar refractivity (Wildman–Crippen MR) is 73.6 cm³/mol. The van der Waals surface area contributed by atoms with Gasteiger partial charge in [0.1, 0.15) is 0 Å². The summed E-state index contributed by atoms with van der Waals surface area (Å²) >= 11 is 0. The van der Waals surface area contributed by atoms with Crippen LogP contribution in [0.1, 0.15) is 25.7 Å². The summed E-state index contributed by atoms with van der Waals surface area (Å²) < 4.78 is 0. The lowest BCUT2D eigenvalue weighted by Crippen LogP contribution is -2.40. The minimum Gasteiger partial charge on any atom is -0.395 e. The molecule has 0 aliphatic rings. The van der Waals surface area contributed by atoms with E-state index in [0.717, 1.165) is 19.3 Å². The van der Waals surface area contributed by atoms with Crippen LogP contribution in [0.15, 0.2) is 0 Å². The van der Waals surface area contributed by atoms with E-state index in [4.69, 9.17) is 10.8 Å². The van der Waals surface area contributed by atoms with E-state index < -0.39 is 0 Å². The molecule has 0 unspecified atom stereocenters. The fourth-order valence-corrected chi connectivity index (χ4v) is 1.44. The van der Waals surface area contributed by atoms with Crippen LogP contribution >= 0.6 is 0 Å². The molecular weight excluding hydrogens is 264 g/mol. The van der Waals surface area contributed by atoms with Crippen LogP contribution in [0.2, 0.25) is 0 Å². The Hall–Kier alpha value is -1.67. The van der Waals surface area contributed by atoms with Crippen LogP contribution < -0.4 is 21.7 Å². The van der Waals surface area contributed by atoms with Gasteiger partial charge in [-0.1, -0.05) is 6.42 Å². The van der Waals surface area contributed by atoms with Crippen LogP contribution in [0, 0.1) is 0 Å². The van der Waals surface area contributed by atoms with Crippen LogP contribution in [-0.2, 0) is 14.4 Å². The molecule has 0 radical (unpaired) electrons. The highest BCUT2D eigenvalue weighted by atomic mass is 16.3. The predicted octanol–water partition coefficient (Wildman–Crippen LogP) is -2.15. The molecule has 0 saturated carbocycles. The van der Waals surface area contributed by atoms with E-state index in [2.05, 4.69) is 16.0 Å². The van der Waals surface area contributed by atoms with Gasteiger partial charge >= 0.3 is 0 Å². The minimum absolute atomic E-state index is 0.0338. The quantitative estimate of drug-likeness (QED) is 0.261. The molecular formula is C12H24N4O4. The maximum absolute atomic E-state index is 11.4. The number of aliphatic hydroxyl groups is 1. The molecule has 0 aliphatic carbocycles. The Morgan fingerprint density at radius 3 is 2.05 bits per heavy atom. The number of amides is 3. The Labute approximate surface area is 118 Å². The molecule has 116 valence electrons. The zero-order valence-corrected chi connectivity index (χ0v) is 11.6. The number of nitrogens with one attached hydrogen (secondary N) is 3. The van der Waals surface area contributed by atoms with Crippen molar-refractivity contribution in [2.45, 2.75) is 25.7 Å². The summed E-state index contributed by atoms with van der Waals surface area (Å²) in [5, 5.41) is 16.3. The van der Waals surface area contributed by atoms with Crippen molar-refractivity contribution in [3.05, 3.63) is 0 Å². The molecule has 20 heavy (non-hydrogen) atoms. The Balaban J connectivity index is 3.37. The fraction of sp³-hybridized carbons (Fsp3) is 0.750. The van der Waals surface area contributed by atoms with Gasteiger partial charge < -0.3 is 21.5 Å². The van der Waals surface area contributed by atoms with Crippen molar-refractivity contribution in [2.24, 2.45) is 5.73 Å². The smallest absolute Gasteiger partial charge is 0.234 e. The van der Waals surface area contributed by atoms with Gasteiger partial charge in [0.2, 0.25) is 17.7 Å². The van der Waals surface area contributed by atoms with Crippen molar-refractivity contribution in [2.75, 3.05) is 32.8 Å². The van der Waals surface area contributed by atoms with Gasteiger partial charge in [-0.15, -0.1) is 0 Å². The number of carbonyl (C=O) groups is 3. The summed E-state index contributed by atoms with van der Waals surface area (Å²) in [4.78, 5) is 33.0. The SMILES string of the molecule is NC(=O)CCCCCNC(=O)CNCC(=O)NCCO. The standard InChI is InChI=1S/C12H24N4O4/c13-10(18)4-2-1-3-5-15-11(19)8-14-9-12(20)16-6-7-17/h14,17H,1-9H2,(H2,13,18)(H,15,19)(H,16,20). The first-order valence-electron chi connectivity index (χ1n) is 6.69. The van der Waals surface area contributed by atoms with E-state index in [0.29, 0.717) is 13.0 Å². The maximum atomic E-state index is 11.4. The number of primary amides is 1. The average molecular weight is 288 g/mol. The lowest BCUT2D eigenvalue weighted by molar-refractivity contribution is -0.121. The first-order valence-corrected chi connectivity index (χ1v) is 6.69. The van der Waals surface area contributed by atoms with Crippen LogP contribution in [0.4, 0.5) is 0 Å². The number of hydrogen-bond acceptors (Lipinski definition) is 5. The molecule has 0 aliphatic heterocycles. The Kier molecular flexibility index (Phi) is 11.3. The first-order chi connectivity index (χ1) is 9.56. The molecule has 0 heterocycles. The number of carbonyl (C=O) groups excluding carboxylic acids is 3. The number of aliphatic hydroxyl groups excluding tert-OH is 1. The molecule has 0 saturated heterocycles. The van der Waals surface area contributed by atoms with Crippen LogP contribution in [0.3, 0.4) is 0 Å². The van der Waals surface area contributed by atoms with E-state index in [9.17, 15) is 14.4 Å². The number of rotatable bonds is 12. The molecule has 0 spiro atoms. The van der Waals surface area contributed by atoms with Gasteiger partial charge in [0, 0.05) is 19.5 Å². The van der Waals surface area contributed by atoms with Gasteiger partial charge in [0.25, 0.3) is 0 Å². The normalized spacial score (nSPS) is 10.1. The fourth-order valence-electron chi connectivity index (χ4n) is 1.44. The highest BCUT2D eigenvalue weighted by Crippen LogP contribution is 1.97. The Bertz CT molecular complexity index is 310. The minimum atomic E-state index is -0.308. The van der Waals surface area contributed by atoms with Gasteiger partial charge in [-0.3, -0.25) is 19.7 Å². The third kappa shape index (κ3) is 12.8. The third-order valence-electron chi connectivity index (χ3n) is 2.43. The molecule has 8 nitrogen and oxygen atoms in total. The van der Waals surface area contributed by atoms with Crippen molar-refractivity contribution in [3.8, 4) is 0 Å². The maximum Gasteiger partial charge on any atom is 0.234 e. The van der Waals surface area contributed by atoms with Crippen LogP contribution in [-0.4, -0.2) is 55.6 Å². The first kappa shape index (κ1) is 18.3. The zero-order valence-electron chi connectivity index (χ0n) is 11.6. The molecule has 8 heteroatoms. The summed E-state index contributed by atoms with van der Waals surface area (Å²) in [7, 11) is 0. The van der Waals surface area contributed by atoms with Gasteiger partial charge in [0.05, 0.1) is 19.7 Å². The monoisotopic (exact) mass is 288 g/mol. The molecule has 0 rings (SSSR count). The Morgan fingerprint density at radius 2 is 1.50 bits per heavy atom. The summed E-state index contributed by atoms with van der Waals surface area (Å²) in [5.74, 6) is -0.758. The van der Waals surface area contributed by atoms with E-state index in [-0.39, 0.29) is 44.0 Å². The number of nitrogens with two attached hydrogens (primary N) is 1. The van der Waals surface area contributed by atoms with Gasteiger partial charge in [-0.05, 0) is 12.8 Å². The van der Waals surface area contributed by atoms with E-state index >= 15 is 0 Å². The van der Waals surface area contributed by atoms with Gasteiger partial charge in [-0.2, -0.15) is 0 Å². The number of unbranched alkanes of at least 4 members (excludes halogenated alkanes) is 2. The van der Waals surface area contributed by atoms with E-state index in [1.54, 1.807) is 0 Å².